The minimum absolute atomic E-state index is 0.221. The molecule has 1 aromatic heterocycles. The van der Waals surface area contributed by atoms with Gasteiger partial charge in [0.15, 0.2) is 0 Å². The number of carboxylic acid groups (broad SMARTS) is 1. The second kappa shape index (κ2) is 6.39. The van der Waals surface area contributed by atoms with Crippen LogP contribution in [0.2, 0.25) is 0 Å². The van der Waals surface area contributed by atoms with Crippen molar-refractivity contribution in [2.24, 2.45) is 0 Å². The highest BCUT2D eigenvalue weighted by Crippen LogP contribution is 2.16. The summed E-state index contributed by atoms with van der Waals surface area (Å²) in [6.07, 6.45) is 1.95. The van der Waals surface area contributed by atoms with E-state index in [1.165, 1.54) is 24.3 Å². The zero-order valence-electron chi connectivity index (χ0n) is 11.6. The summed E-state index contributed by atoms with van der Waals surface area (Å²) < 4.78 is 13.1. The zero-order chi connectivity index (χ0) is 15.4. The van der Waals surface area contributed by atoms with Gasteiger partial charge in [-0.3, -0.25) is 4.79 Å². The minimum Gasteiger partial charge on any atom is -0.480 e. The number of H-pyrrole nitrogens is 1. The number of benzene rings is 1. The van der Waals surface area contributed by atoms with Crippen molar-refractivity contribution in [3.05, 3.63) is 35.8 Å². The third kappa shape index (κ3) is 3.59. The fraction of sp³-hybridized carbons (Fsp3) is 0.333. The molecule has 1 amide bonds. The molecule has 2 aromatic rings. The predicted octanol–water partition coefficient (Wildman–Crippen LogP) is 2.68. The molecule has 1 heterocycles. The van der Waals surface area contributed by atoms with Gasteiger partial charge in [-0.15, -0.1) is 0 Å². The molecule has 112 valence electrons. The molecule has 0 fully saturated rings. The van der Waals surface area contributed by atoms with E-state index in [1.54, 1.807) is 0 Å². The summed E-state index contributed by atoms with van der Waals surface area (Å²) in [4.78, 5) is 26.0. The van der Waals surface area contributed by atoms with Crippen LogP contribution in [0.4, 0.5) is 4.39 Å². The van der Waals surface area contributed by atoms with E-state index in [2.05, 4.69) is 10.3 Å². The number of unbranched alkanes of at least 4 members (excludes halogenated alkanes) is 1. The summed E-state index contributed by atoms with van der Waals surface area (Å²) in [5.74, 6) is -1.95. The van der Waals surface area contributed by atoms with E-state index in [0.717, 1.165) is 12.8 Å². The zero-order valence-corrected chi connectivity index (χ0v) is 11.6. The second-order valence-corrected chi connectivity index (χ2v) is 4.92. The molecule has 0 aliphatic carbocycles. The number of carbonyl (C=O) groups is 2. The summed E-state index contributed by atoms with van der Waals surface area (Å²) in [6, 6.07) is 4.73. The first-order valence-corrected chi connectivity index (χ1v) is 6.83. The van der Waals surface area contributed by atoms with Gasteiger partial charge in [0.1, 0.15) is 17.6 Å². The molecule has 0 aliphatic rings. The van der Waals surface area contributed by atoms with Gasteiger partial charge in [0, 0.05) is 10.9 Å². The Morgan fingerprint density at radius 1 is 1.38 bits per heavy atom. The smallest absolute Gasteiger partial charge is 0.326 e. The fourth-order valence-corrected chi connectivity index (χ4v) is 2.13. The van der Waals surface area contributed by atoms with E-state index in [9.17, 15) is 14.0 Å². The lowest BCUT2D eigenvalue weighted by Gasteiger charge is -2.13. The predicted molar refractivity (Wildman–Crippen MR) is 76.7 cm³/mol. The molecular formula is C15H17FN2O3. The van der Waals surface area contributed by atoms with E-state index >= 15 is 0 Å². The number of aromatic amines is 1. The number of hydrogen-bond donors (Lipinski definition) is 3. The molecule has 0 saturated carbocycles. The van der Waals surface area contributed by atoms with Crippen molar-refractivity contribution < 1.29 is 19.1 Å². The number of halogens is 1. The van der Waals surface area contributed by atoms with E-state index in [-0.39, 0.29) is 11.5 Å². The Bertz CT molecular complexity index is 666. The Morgan fingerprint density at radius 3 is 2.81 bits per heavy atom. The third-order valence-electron chi connectivity index (χ3n) is 3.28. The highest BCUT2D eigenvalue weighted by molar-refractivity contribution is 5.99. The number of carboxylic acids is 1. The number of hydrogen-bond acceptors (Lipinski definition) is 2. The van der Waals surface area contributed by atoms with E-state index in [1.807, 2.05) is 6.92 Å². The molecule has 0 bridgehead atoms. The number of aromatic nitrogens is 1. The Hall–Kier alpha value is -2.37. The molecule has 1 aromatic carbocycles. The van der Waals surface area contributed by atoms with Crippen LogP contribution in [-0.2, 0) is 4.79 Å². The van der Waals surface area contributed by atoms with Gasteiger partial charge in [0.05, 0.1) is 0 Å². The number of rotatable bonds is 6. The number of nitrogens with one attached hydrogen (secondary N) is 2. The summed E-state index contributed by atoms with van der Waals surface area (Å²) in [5.41, 5.74) is 0.848. The van der Waals surface area contributed by atoms with Crippen LogP contribution < -0.4 is 5.32 Å². The van der Waals surface area contributed by atoms with E-state index in [4.69, 9.17) is 5.11 Å². The topological polar surface area (TPSA) is 82.2 Å². The van der Waals surface area contributed by atoms with Gasteiger partial charge in [-0.1, -0.05) is 19.8 Å². The maximum Gasteiger partial charge on any atom is 0.326 e. The molecule has 21 heavy (non-hydrogen) atoms. The standard InChI is InChI=1S/C15H17FN2O3/c1-2-3-4-12(15(20)21)18-14(19)13-8-9-7-10(16)5-6-11(9)17-13/h5-8,12,17H,2-4H2,1H3,(H,18,19)(H,20,21)/t12-/m0/s1. The lowest BCUT2D eigenvalue weighted by atomic mass is 10.1. The molecular weight excluding hydrogens is 275 g/mol. The second-order valence-electron chi connectivity index (χ2n) is 4.92. The minimum atomic E-state index is -1.06. The molecule has 1 atom stereocenters. The number of amides is 1. The van der Waals surface area contributed by atoms with Crippen LogP contribution in [0, 0.1) is 5.82 Å². The van der Waals surface area contributed by atoms with Gasteiger partial charge in [0.2, 0.25) is 0 Å². The number of aliphatic carboxylic acids is 1. The van der Waals surface area contributed by atoms with Crippen molar-refractivity contribution in [1.29, 1.82) is 0 Å². The summed E-state index contributed by atoms with van der Waals surface area (Å²) in [7, 11) is 0. The number of fused-ring (bicyclic) bond motifs is 1. The highest BCUT2D eigenvalue weighted by Gasteiger charge is 2.20. The van der Waals surface area contributed by atoms with Gasteiger partial charge in [-0.2, -0.15) is 0 Å². The molecule has 6 heteroatoms. The molecule has 0 saturated heterocycles. The largest absolute Gasteiger partial charge is 0.480 e. The average molecular weight is 292 g/mol. The first-order valence-electron chi connectivity index (χ1n) is 6.83. The van der Waals surface area contributed by atoms with Crippen LogP contribution >= 0.6 is 0 Å². The Morgan fingerprint density at radius 2 is 2.14 bits per heavy atom. The molecule has 5 nitrogen and oxygen atoms in total. The molecule has 0 spiro atoms. The quantitative estimate of drug-likeness (QED) is 0.765. The van der Waals surface area contributed by atoms with Crippen molar-refractivity contribution in [2.45, 2.75) is 32.2 Å². The van der Waals surface area contributed by atoms with Crippen molar-refractivity contribution in [2.75, 3.05) is 0 Å². The Labute approximate surface area is 121 Å². The van der Waals surface area contributed by atoms with Crippen LogP contribution in [0.25, 0.3) is 10.9 Å². The normalized spacial score (nSPS) is 12.3. The molecule has 0 unspecified atom stereocenters. The van der Waals surface area contributed by atoms with Crippen LogP contribution in [0.1, 0.15) is 36.7 Å². The lowest BCUT2D eigenvalue weighted by Crippen LogP contribution is -2.40. The average Bonchev–Trinajstić information content (AvgIpc) is 2.85. The molecule has 0 aliphatic heterocycles. The monoisotopic (exact) mass is 292 g/mol. The Balaban J connectivity index is 2.15. The highest BCUT2D eigenvalue weighted by atomic mass is 19.1. The molecule has 0 radical (unpaired) electrons. The maximum atomic E-state index is 13.1. The van der Waals surface area contributed by atoms with Crippen LogP contribution in [0.3, 0.4) is 0 Å². The van der Waals surface area contributed by atoms with Crippen molar-refractivity contribution in [1.82, 2.24) is 10.3 Å². The first-order chi connectivity index (χ1) is 10.0. The van der Waals surface area contributed by atoms with Crippen LogP contribution in [0.15, 0.2) is 24.3 Å². The van der Waals surface area contributed by atoms with Gasteiger partial charge in [0.25, 0.3) is 5.91 Å². The van der Waals surface area contributed by atoms with Gasteiger partial charge in [-0.25, -0.2) is 9.18 Å². The maximum absolute atomic E-state index is 13.1. The summed E-state index contributed by atoms with van der Waals surface area (Å²) in [6.45, 7) is 1.95. The van der Waals surface area contributed by atoms with Gasteiger partial charge < -0.3 is 15.4 Å². The SMILES string of the molecule is CCCC[C@H](NC(=O)c1cc2cc(F)ccc2[nH]1)C(=O)O. The first kappa shape index (κ1) is 15.0. The lowest BCUT2D eigenvalue weighted by molar-refractivity contribution is -0.139. The van der Waals surface area contributed by atoms with Crippen molar-refractivity contribution >= 4 is 22.8 Å². The molecule has 3 N–H and O–H groups in total. The third-order valence-corrected chi connectivity index (χ3v) is 3.28. The van der Waals surface area contributed by atoms with Crippen molar-refractivity contribution in [3.63, 3.8) is 0 Å². The number of carbonyl (C=O) groups excluding carboxylic acids is 1. The van der Waals surface area contributed by atoms with E-state index in [0.29, 0.717) is 17.3 Å². The van der Waals surface area contributed by atoms with Crippen LogP contribution in [0.5, 0.6) is 0 Å². The fourth-order valence-electron chi connectivity index (χ4n) is 2.13. The van der Waals surface area contributed by atoms with E-state index < -0.39 is 17.9 Å². The van der Waals surface area contributed by atoms with Crippen LogP contribution in [-0.4, -0.2) is 28.0 Å². The molecule has 2 rings (SSSR count). The van der Waals surface area contributed by atoms with Gasteiger partial charge in [-0.05, 0) is 30.7 Å². The van der Waals surface area contributed by atoms with Gasteiger partial charge >= 0.3 is 5.97 Å². The van der Waals surface area contributed by atoms with Crippen molar-refractivity contribution in [3.8, 4) is 0 Å². The Kier molecular flexibility index (Phi) is 4.57. The summed E-state index contributed by atoms with van der Waals surface area (Å²) >= 11 is 0. The summed E-state index contributed by atoms with van der Waals surface area (Å²) in [5, 5.41) is 12.1.